The quantitative estimate of drug-likeness (QED) is 0.716. The predicted molar refractivity (Wildman–Crippen MR) is 68.5 cm³/mol. The van der Waals surface area contributed by atoms with E-state index in [1.165, 1.54) is 13.0 Å². The van der Waals surface area contributed by atoms with Crippen molar-refractivity contribution < 1.29 is 4.79 Å². The number of Topliss-reactive ketones (excluding diaryl/α,β-unsaturated/α-hetero) is 1. The predicted octanol–water partition coefficient (Wildman–Crippen LogP) is 3.11. The number of rotatable bonds is 5. The average Bonchev–Trinajstić information content (AvgIpc) is 2.24. The summed E-state index contributed by atoms with van der Waals surface area (Å²) in [4.78, 5) is 13.8. The Kier molecular flexibility index (Phi) is 5.47. The lowest BCUT2D eigenvalue weighted by Crippen LogP contribution is -2.46. The maximum atomic E-state index is 11.2. The summed E-state index contributed by atoms with van der Waals surface area (Å²) in [5.74, 6) is 2.02. The van der Waals surface area contributed by atoms with Crippen LogP contribution in [-0.4, -0.2) is 29.8 Å². The molecular formula is C14H27NO. The monoisotopic (exact) mass is 225 g/mol. The van der Waals surface area contributed by atoms with Gasteiger partial charge in [0.1, 0.15) is 5.78 Å². The van der Waals surface area contributed by atoms with Gasteiger partial charge in [-0.25, -0.2) is 0 Å². The number of ketones is 1. The van der Waals surface area contributed by atoms with Crippen LogP contribution in [0.2, 0.25) is 0 Å². The Morgan fingerprint density at radius 2 is 2.00 bits per heavy atom. The number of piperidine rings is 1. The van der Waals surface area contributed by atoms with Gasteiger partial charge in [0, 0.05) is 25.4 Å². The standard InChI is InChI=1S/C14H27NO/c1-5-14(16)7-6-8-15-10-11(2)9-12(3)13(15)4/h11-13H,5-10H2,1-4H3. The van der Waals surface area contributed by atoms with Crippen molar-refractivity contribution in [2.24, 2.45) is 11.8 Å². The second kappa shape index (κ2) is 6.39. The molecule has 0 radical (unpaired) electrons. The minimum Gasteiger partial charge on any atom is -0.300 e. The number of carbonyl (C=O) groups is 1. The molecule has 0 bridgehead atoms. The summed E-state index contributed by atoms with van der Waals surface area (Å²) in [5, 5.41) is 0. The second-order valence-electron chi connectivity index (χ2n) is 5.55. The first-order valence-electron chi connectivity index (χ1n) is 6.80. The third kappa shape index (κ3) is 3.89. The van der Waals surface area contributed by atoms with E-state index in [4.69, 9.17) is 0 Å². The highest BCUT2D eigenvalue weighted by Crippen LogP contribution is 2.26. The third-order valence-corrected chi connectivity index (χ3v) is 4.02. The Morgan fingerprint density at radius 1 is 1.31 bits per heavy atom. The van der Waals surface area contributed by atoms with E-state index in [0.29, 0.717) is 18.2 Å². The minimum atomic E-state index is 0.408. The van der Waals surface area contributed by atoms with Crippen LogP contribution in [0, 0.1) is 11.8 Å². The molecule has 1 saturated heterocycles. The van der Waals surface area contributed by atoms with Crippen molar-refractivity contribution in [1.82, 2.24) is 4.90 Å². The van der Waals surface area contributed by atoms with Gasteiger partial charge in [0.2, 0.25) is 0 Å². The van der Waals surface area contributed by atoms with E-state index >= 15 is 0 Å². The molecular weight excluding hydrogens is 198 g/mol. The van der Waals surface area contributed by atoms with Gasteiger partial charge in [-0.1, -0.05) is 20.8 Å². The van der Waals surface area contributed by atoms with E-state index < -0.39 is 0 Å². The van der Waals surface area contributed by atoms with Gasteiger partial charge >= 0.3 is 0 Å². The Balaban J connectivity index is 2.31. The van der Waals surface area contributed by atoms with Crippen molar-refractivity contribution in [3.05, 3.63) is 0 Å². The van der Waals surface area contributed by atoms with Gasteiger partial charge in [0.15, 0.2) is 0 Å². The highest BCUT2D eigenvalue weighted by atomic mass is 16.1. The normalized spacial score (nSPS) is 31.6. The van der Waals surface area contributed by atoms with Crippen molar-refractivity contribution in [2.75, 3.05) is 13.1 Å². The zero-order valence-corrected chi connectivity index (χ0v) is 11.3. The first-order valence-corrected chi connectivity index (χ1v) is 6.80. The fourth-order valence-electron chi connectivity index (χ4n) is 2.78. The maximum Gasteiger partial charge on any atom is 0.132 e. The van der Waals surface area contributed by atoms with Crippen molar-refractivity contribution >= 4 is 5.78 Å². The summed E-state index contributed by atoms with van der Waals surface area (Å²) < 4.78 is 0. The zero-order valence-electron chi connectivity index (χ0n) is 11.3. The first-order chi connectivity index (χ1) is 7.54. The lowest BCUT2D eigenvalue weighted by atomic mass is 9.86. The Hall–Kier alpha value is -0.370. The Labute approximate surface area is 100 Å². The maximum absolute atomic E-state index is 11.2. The van der Waals surface area contributed by atoms with E-state index in [-0.39, 0.29) is 0 Å². The molecule has 0 spiro atoms. The molecule has 0 saturated carbocycles. The molecule has 0 amide bonds. The molecule has 1 aliphatic heterocycles. The number of nitrogens with zero attached hydrogens (tertiary/aromatic N) is 1. The van der Waals surface area contributed by atoms with Crippen LogP contribution < -0.4 is 0 Å². The SMILES string of the molecule is CCC(=O)CCCN1CC(C)CC(C)C1C. The van der Waals surface area contributed by atoms with Gasteiger partial charge in [-0.2, -0.15) is 0 Å². The fourth-order valence-corrected chi connectivity index (χ4v) is 2.78. The molecule has 3 unspecified atom stereocenters. The molecule has 2 nitrogen and oxygen atoms in total. The smallest absolute Gasteiger partial charge is 0.132 e. The summed E-state index contributed by atoms with van der Waals surface area (Å²) in [6.45, 7) is 11.3. The molecule has 2 heteroatoms. The third-order valence-electron chi connectivity index (χ3n) is 4.02. The zero-order chi connectivity index (χ0) is 12.1. The second-order valence-corrected chi connectivity index (χ2v) is 5.55. The largest absolute Gasteiger partial charge is 0.300 e. The molecule has 94 valence electrons. The van der Waals surface area contributed by atoms with Gasteiger partial charge in [-0.15, -0.1) is 0 Å². The van der Waals surface area contributed by atoms with Gasteiger partial charge in [0.25, 0.3) is 0 Å². The average molecular weight is 225 g/mol. The fraction of sp³-hybridized carbons (Fsp3) is 0.929. The Bertz CT molecular complexity index is 227. The summed E-state index contributed by atoms with van der Waals surface area (Å²) in [7, 11) is 0. The first kappa shape index (κ1) is 13.7. The molecule has 3 atom stereocenters. The summed E-state index contributed by atoms with van der Waals surface area (Å²) in [6, 6.07) is 0.688. The molecule has 1 heterocycles. The van der Waals surface area contributed by atoms with Crippen molar-refractivity contribution in [3.63, 3.8) is 0 Å². The summed E-state index contributed by atoms with van der Waals surface area (Å²) in [5.41, 5.74) is 0. The summed E-state index contributed by atoms with van der Waals surface area (Å²) >= 11 is 0. The van der Waals surface area contributed by atoms with Gasteiger partial charge in [-0.05, 0) is 38.1 Å². The lowest BCUT2D eigenvalue weighted by Gasteiger charge is -2.41. The number of hydrogen-bond acceptors (Lipinski definition) is 2. The molecule has 16 heavy (non-hydrogen) atoms. The highest BCUT2D eigenvalue weighted by Gasteiger charge is 2.28. The van der Waals surface area contributed by atoms with Gasteiger partial charge in [-0.3, -0.25) is 4.79 Å². The van der Waals surface area contributed by atoms with Crippen LogP contribution in [0.15, 0.2) is 0 Å². The topological polar surface area (TPSA) is 20.3 Å². The van der Waals surface area contributed by atoms with Crippen molar-refractivity contribution in [3.8, 4) is 0 Å². The van der Waals surface area contributed by atoms with Crippen LogP contribution in [0.3, 0.4) is 0 Å². The van der Waals surface area contributed by atoms with Crippen LogP contribution >= 0.6 is 0 Å². The molecule has 1 aliphatic rings. The van der Waals surface area contributed by atoms with Gasteiger partial charge < -0.3 is 4.90 Å². The Morgan fingerprint density at radius 3 is 2.62 bits per heavy atom. The van der Waals surface area contributed by atoms with Crippen LogP contribution in [0.4, 0.5) is 0 Å². The molecule has 0 aromatic carbocycles. The molecule has 1 rings (SSSR count). The van der Waals surface area contributed by atoms with Crippen LogP contribution in [0.1, 0.15) is 53.4 Å². The molecule has 0 aliphatic carbocycles. The van der Waals surface area contributed by atoms with Crippen LogP contribution in [0.25, 0.3) is 0 Å². The van der Waals surface area contributed by atoms with E-state index in [1.54, 1.807) is 0 Å². The molecule has 0 aromatic heterocycles. The summed E-state index contributed by atoms with van der Waals surface area (Å²) in [6.07, 6.45) is 3.85. The van der Waals surface area contributed by atoms with Gasteiger partial charge in [0.05, 0.1) is 0 Å². The molecule has 1 fully saturated rings. The van der Waals surface area contributed by atoms with E-state index in [0.717, 1.165) is 31.2 Å². The van der Waals surface area contributed by atoms with E-state index in [9.17, 15) is 4.79 Å². The van der Waals surface area contributed by atoms with E-state index in [2.05, 4.69) is 25.7 Å². The number of carbonyl (C=O) groups excluding carboxylic acids is 1. The molecule has 0 N–H and O–H groups in total. The highest BCUT2D eigenvalue weighted by molar-refractivity contribution is 5.77. The lowest BCUT2D eigenvalue weighted by molar-refractivity contribution is -0.119. The minimum absolute atomic E-state index is 0.408. The number of likely N-dealkylation sites (tertiary alicyclic amines) is 1. The molecule has 0 aromatic rings. The van der Waals surface area contributed by atoms with Crippen molar-refractivity contribution in [2.45, 2.75) is 59.4 Å². The van der Waals surface area contributed by atoms with Crippen LogP contribution in [-0.2, 0) is 4.79 Å². The van der Waals surface area contributed by atoms with E-state index in [1.807, 2.05) is 6.92 Å². The van der Waals surface area contributed by atoms with Crippen molar-refractivity contribution in [1.29, 1.82) is 0 Å². The van der Waals surface area contributed by atoms with Crippen LogP contribution in [0.5, 0.6) is 0 Å². The number of hydrogen-bond donors (Lipinski definition) is 0.